The molecule has 3 rings (SSSR count). The number of para-hydroxylation sites is 1. The van der Waals surface area contributed by atoms with Gasteiger partial charge in [0.2, 0.25) is 0 Å². The van der Waals surface area contributed by atoms with Crippen LogP contribution in [0.5, 0.6) is 17.2 Å². The van der Waals surface area contributed by atoms with E-state index in [1.807, 2.05) is 30.3 Å². The molecule has 0 saturated heterocycles. The summed E-state index contributed by atoms with van der Waals surface area (Å²) in [4.78, 5) is 23.7. The number of hydrazine groups is 1. The molecule has 0 aromatic heterocycles. The first-order valence-electron chi connectivity index (χ1n) is 8.88. The molecule has 0 aliphatic carbocycles. The number of carbonyl (C=O) groups is 2. The van der Waals surface area contributed by atoms with Gasteiger partial charge in [-0.1, -0.05) is 42.5 Å². The number of aromatic hydroxyl groups is 1. The Labute approximate surface area is 167 Å². The molecule has 0 aliphatic rings. The molecule has 0 atom stereocenters. The molecule has 0 heterocycles. The zero-order valence-corrected chi connectivity index (χ0v) is 15.5. The van der Waals surface area contributed by atoms with E-state index in [4.69, 9.17) is 9.47 Å². The Kier molecular flexibility index (Phi) is 6.67. The summed E-state index contributed by atoms with van der Waals surface area (Å²) in [7, 11) is 0. The molecule has 3 aromatic carbocycles. The van der Waals surface area contributed by atoms with Gasteiger partial charge in [0.25, 0.3) is 11.8 Å². The van der Waals surface area contributed by atoms with E-state index in [-0.39, 0.29) is 17.9 Å². The highest BCUT2D eigenvalue weighted by Gasteiger charge is 2.11. The standard InChI is InChI=1S/C22H20N2O5/c25-20-9-5-4-8-19(20)22(27)24-23-21(26)15-29-18-12-10-17(11-13-18)28-14-16-6-2-1-3-7-16/h1-13,25H,14-15H2,(H,23,26)(H,24,27). The van der Waals surface area contributed by atoms with Crippen LogP contribution < -0.4 is 20.3 Å². The summed E-state index contributed by atoms with van der Waals surface area (Å²) in [6.07, 6.45) is 0. The lowest BCUT2D eigenvalue weighted by atomic mass is 10.2. The van der Waals surface area contributed by atoms with Gasteiger partial charge in [-0.15, -0.1) is 0 Å². The number of benzene rings is 3. The number of rotatable bonds is 7. The fourth-order valence-corrected chi connectivity index (χ4v) is 2.42. The summed E-state index contributed by atoms with van der Waals surface area (Å²) < 4.78 is 11.1. The van der Waals surface area contributed by atoms with Crippen molar-refractivity contribution >= 4 is 11.8 Å². The van der Waals surface area contributed by atoms with Crippen molar-refractivity contribution in [3.63, 3.8) is 0 Å². The number of hydrogen-bond donors (Lipinski definition) is 3. The summed E-state index contributed by atoms with van der Waals surface area (Å²) in [6, 6.07) is 22.7. The Morgan fingerprint density at radius 1 is 0.759 bits per heavy atom. The third-order valence-electron chi connectivity index (χ3n) is 3.91. The van der Waals surface area contributed by atoms with Crippen LogP contribution in [0, 0.1) is 0 Å². The van der Waals surface area contributed by atoms with Crippen molar-refractivity contribution in [1.82, 2.24) is 10.9 Å². The van der Waals surface area contributed by atoms with E-state index in [1.54, 1.807) is 36.4 Å². The van der Waals surface area contributed by atoms with Crippen LogP contribution in [-0.4, -0.2) is 23.5 Å². The second-order valence-corrected chi connectivity index (χ2v) is 6.05. The minimum absolute atomic E-state index is 0.0554. The van der Waals surface area contributed by atoms with Crippen LogP contribution in [0.15, 0.2) is 78.9 Å². The third kappa shape index (κ3) is 6.00. The van der Waals surface area contributed by atoms with E-state index >= 15 is 0 Å². The highest BCUT2D eigenvalue weighted by molar-refractivity contribution is 5.97. The molecule has 0 bridgehead atoms. The summed E-state index contributed by atoms with van der Waals surface area (Å²) in [5.41, 5.74) is 5.57. The quantitative estimate of drug-likeness (QED) is 0.537. The molecule has 0 spiro atoms. The average Bonchev–Trinajstić information content (AvgIpc) is 2.76. The van der Waals surface area contributed by atoms with Gasteiger partial charge in [0.15, 0.2) is 6.61 Å². The van der Waals surface area contributed by atoms with Crippen molar-refractivity contribution in [2.45, 2.75) is 6.61 Å². The van der Waals surface area contributed by atoms with E-state index in [0.717, 1.165) is 5.56 Å². The van der Waals surface area contributed by atoms with Crippen molar-refractivity contribution in [2.75, 3.05) is 6.61 Å². The number of nitrogens with one attached hydrogen (secondary N) is 2. The Morgan fingerprint density at radius 2 is 1.38 bits per heavy atom. The van der Waals surface area contributed by atoms with Gasteiger partial charge in [-0.3, -0.25) is 20.4 Å². The van der Waals surface area contributed by atoms with Crippen LogP contribution in [0.4, 0.5) is 0 Å². The lowest BCUT2D eigenvalue weighted by molar-refractivity contribution is -0.123. The van der Waals surface area contributed by atoms with E-state index in [2.05, 4.69) is 10.9 Å². The van der Waals surface area contributed by atoms with Crippen molar-refractivity contribution in [3.05, 3.63) is 90.0 Å². The second-order valence-electron chi connectivity index (χ2n) is 6.05. The van der Waals surface area contributed by atoms with Crippen LogP contribution in [0.25, 0.3) is 0 Å². The van der Waals surface area contributed by atoms with E-state index in [0.29, 0.717) is 18.1 Å². The van der Waals surface area contributed by atoms with Gasteiger partial charge in [0, 0.05) is 0 Å². The molecule has 148 valence electrons. The largest absolute Gasteiger partial charge is 0.507 e. The highest BCUT2D eigenvalue weighted by Crippen LogP contribution is 2.18. The Bertz CT molecular complexity index is 958. The highest BCUT2D eigenvalue weighted by atomic mass is 16.5. The zero-order valence-electron chi connectivity index (χ0n) is 15.5. The van der Waals surface area contributed by atoms with Crippen LogP contribution in [0.1, 0.15) is 15.9 Å². The van der Waals surface area contributed by atoms with Crippen molar-refractivity contribution in [1.29, 1.82) is 0 Å². The lowest BCUT2D eigenvalue weighted by Gasteiger charge is -2.10. The molecule has 0 aliphatic heterocycles. The predicted molar refractivity (Wildman–Crippen MR) is 106 cm³/mol. The summed E-state index contributed by atoms with van der Waals surface area (Å²) in [6.45, 7) is 0.172. The van der Waals surface area contributed by atoms with Gasteiger partial charge in [0.1, 0.15) is 23.9 Å². The van der Waals surface area contributed by atoms with E-state index < -0.39 is 11.8 Å². The predicted octanol–water partition coefficient (Wildman–Crippen LogP) is 2.81. The van der Waals surface area contributed by atoms with Gasteiger partial charge in [-0.25, -0.2) is 0 Å². The Morgan fingerprint density at radius 3 is 2.07 bits per heavy atom. The number of amides is 2. The molecule has 0 radical (unpaired) electrons. The fourth-order valence-electron chi connectivity index (χ4n) is 2.42. The first-order valence-corrected chi connectivity index (χ1v) is 8.88. The van der Waals surface area contributed by atoms with Crippen molar-refractivity contribution in [3.8, 4) is 17.2 Å². The molecule has 0 fully saturated rings. The lowest BCUT2D eigenvalue weighted by Crippen LogP contribution is -2.43. The molecular weight excluding hydrogens is 372 g/mol. The van der Waals surface area contributed by atoms with Crippen LogP contribution >= 0.6 is 0 Å². The molecule has 3 aromatic rings. The van der Waals surface area contributed by atoms with Crippen LogP contribution in [0.3, 0.4) is 0 Å². The van der Waals surface area contributed by atoms with E-state index in [9.17, 15) is 14.7 Å². The molecule has 0 saturated carbocycles. The minimum atomic E-state index is -0.628. The molecule has 2 amide bonds. The maximum absolute atomic E-state index is 11.9. The Balaban J connectivity index is 1.41. The number of phenolic OH excluding ortho intramolecular Hbond substituents is 1. The number of hydrogen-bond acceptors (Lipinski definition) is 5. The van der Waals surface area contributed by atoms with Crippen molar-refractivity contribution < 1.29 is 24.2 Å². The molecule has 0 unspecified atom stereocenters. The Hall–Kier alpha value is -4.00. The fraction of sp³-hybridized carbons (Fsp3) is 0.0909. The summed E-state index contributed by atoms with van der Waals surface area (Å²) >= 11 is 0. The smallest absolute Gasteiger partial charge is 0.276 e. The monoisotopic (exact) mass is 392 g/mol. The SMILES string of the molecule is O=C(COc1ccc(OCc2ccccc2)cc1)NNC(=O)c1ccccc1O. The van der Waals surface area contributed by atoms with Gasteiger partial charge in [-0.2, -0.15) is 0 Å². The number of phenols is 1. The third-order valence-corrected chi connectivity index (χ3v) is 3.91. The average molecular weight is 392 g/mol. The maximum atomic E-state index is 11.9. The van der Waals surface area contributed by atoms with Gasteiger partial charge in [-0.05, 0) is 42.0 Å². The van der Waals surface area contributed by atoms with Gasteiger partial charge >= 0.3 is 0 Å². The maximum Gasteiger partial charge on any atom is 0.276 e. The van der Waals surface area contributed by atoms with Gasteiger partial charge < -0.3 is 14.6 Å². The first-order chi connectivity index (χ1) is 14.1. The van der Waals surface area contributed by atoms with Crippen LogP contribution in [0.2, 0.25) is 0 Å². The van der Waals surface area contributed by atoms with Gasteiger partial charge in [0.05, 0.1) is 5.56 Å². The molecular formula is C22H20N2O5. The van der Waals surface area contributed by atoms with E-state index in [1.165, 1.54) is 12.1 Å². The molecule has 29 heavy (non-hydrogen) atoms. The van der Waals surface area contributed by atoms with Crippen LogP contribution in [-0.2, 0) is 11.4 Å². The summed E-state index contributed by atoms with van der Waals surface area (Å²) in [5.74, 6) is -0.181. The number of carbonyl (C=O) groups excluding carboxylic acids is 2. The summed E-state index contributed by atoms with van der Waals surface area (Å²) in [5, 5.41) is 9.62. The van der Waals surface area contributed by atoms with Crippen molar-refractivity contribution in [2.24, 2.45) is 0 Å². The number of ether oxygens (including phenoxy) is 2. The second kappa shape index (κ2) is 9.80. The normalized spacial score (nSPS) is 10.1. The molecule has 7 nitrogen and oxygen atoms in total. The zero-order chi connectivity index (χ0) is 20.5. The topological polar surface area (TPSA) is 96.9 Å². The molecule has 3 N–H and O–H groups in total. The molecule has 7 heteroatoms. The minimum Gasteiger partial charge on any atom is -0.507 e. The first kappa shape index (κ1) is 19.8.